The monoisotopic (exact) mass is 233 g/mol. The molecule has 0 amide bonds. The first-order valence-electron chi connectivity index (χ1n) is 5.08. The lowest BCUT2D eigenvalue weighted by Crippen LogP contribution is -1.91. The molecule has 1 aromatic heterocycles. The summed E-state index contributed by atoms with van der Waals surface area (Å²) in [6, 6.07) is 4.37. The van der Waals surface area contributed by atoms with E-state index >= 15 is 0 Å². The Bertz CT molecular complexity index is 517. The van der Waals surface area contributed by atoms with Gasteiger partial charge in [0.1, 0.15) is 5.82 Å². The van der Waals surface area contributed by atoms with E-state index < -0.39 is 0 Å². The third-order valence-corrected chi connectivity index (χ3v) is 3.55. The summed E-state index contributed by atoms with van der Waals surface area (Å²) in [6.45, 7) is 4.23. The van der Waals surface area contributed by atoms with Gasteiger partial charge in [0, 0.05) is 16.0 Å². The molecule has 0 saturated heterocycles. The Kier molecular flexibility index (Phi) is 2.92. The minimum atomic E-state index is 0.624. The molecule has 0 spiro atoms. The lowest BCUT2D eigenvalue weighted by Gasteiger charge is -2.10. The van der Waals surface area contributed by atoms with Crippen molar-refractivity contribution in [3.8, 4) is 11.1 Å². The van der Waals surface area contributed by atoms with E-state index in [1.54, 1.807) is 18.0 Å². The number of aromatic amines is 1. The fourth-order valence-electron chi connectivity index (χ4n) is 1.68. The van der Waals surface area contributed by atoms with Crippen molar-refractivity contribution in [2.45, 2.75) is 18.7 Å². The van der Waals surface area contributed by atoms with Crippen molar-refractivity contribution in [2.75, 3.05) is 12.0 Å². The second-order valence-corrected chi connectivity index (χ2v) is 4.68. The number of nitrogen functional groups attached to an aromatic ring is 1. The maximum Gasteiger partial charge on any atom is 0.126 e. The van der Waals surface area contributed by atoms with Gasteiger partial charge in [-0.3, -0.25) is 5.10 Å². The first-order valence-corrected chi connectivity index (χ1v) is 6.30. The van der Waals surface area contributed by atoms with Crippen LogP contribution in [0.4, 0.5) is 5.82 Å². The molecule has 2 rings (SSSR count). The molecular weight excluding hydrogens is 218 g/mol. The Morgan fingerprint density at radius 2 is 1.88 bits per heavy atom. The summed E-state index contributed by atoms with van der Waals surface area (Å²) in [5, 5.41) is 6.74. The van der Waals surface area contributed by atoms with Gasteiger partial charge in [0.25, 0.3) is 0 Å². The van der Waals surface area contributed by atoms with Gasteiger partial charge < -0.3 is 5.73 Å². The van der Waals surface area contributed by atoms with Crippen LogP contribution in [0.5, 0.6) is 0 Å². The second-order valence-electron chi connectivity index (χ2n) is 3.83. The lowest BCUT2D eigenvalue weighted by molar-refractivity contribution is 1.10. The van der Waals surface area contributed by atoms with E-state index in [1.165, 1.54) is 16.0 Å². The molecule has 1 heterocycles. The predicted molar refractivity (Wildman–Crippen MR) is 69.7 cm³/mol. The topological polar surface area (TPSA) is 54.7 Å². The fraction of sp³-hybridized carbons (Fsp3) is 0.250. The first kappa shape index (κ1) is 11.1. The normalized spacial score (nSPS) is 10.7. The standard InChI is InChI=1S/C12H15N3S/c1-7-4-9(10-6-14-15-12(10)13)11(16-3)5-8(7)2/h4-6H,1-3H3,(H3,13,14,15). The number of aromatic nitrogens is 2. The Morgan fingerprint density at radius 1 is 1.19 bits per heavy atom. The van der Waals surface area contributed by atoms with Gasteiger partial charge in [0.2, 0.25) is 0 Å². The van der Waals surface area contributed by atoms with E-state index in [1.807, 2.05) is 0 Å². The summed E-state index contributed by atoms with van der Waals surface area (Å²) in [4.78, 5) is 1.23. The van der Waals surface area contributed by atoms with Gasteiger partial charge >= 0.3 is 0 Å². The third kappa shape index (κ3) is 1.80. The highest BCUT2D eigenvalue weighted by Gasteiger charge is 2.11. The number of aryl methyl sites for hydroxylation is 2. The zero-order valence-electron chi connectivity index (χ0n) is 9.66. The van der Waals surface area contributed by atoms with Gasteiger partial charge in [0.15, 0.2) is 0 Å². The quantitative estimate of drug-likeness (QED) is 0.784. The van der Waals surface area contributed by atoms with Crippen molar-refractivity contribution in [2.24, 2.45) is 0 Å². The number of nitrogens with one attached hydrogen (secondary N) is 1. The molecule has 0 unspecified atom stereocenters. The van der Waals surface area contributed by atoms with Gasteiger partial charge in [-0.2, -0.15) is 5.10 Å². The van der Waals surface area contributed by atoms with E-state index in [0.29, 0.717) is 5.82 Å². The number of anilines is 1. The number of H-pyrrole nitrogens is 1. The van der Waals surface area contributed by atoms with Crippen molar-refractivity contribution < 1.29 is 0 Å². The molecule has 0 aliphatic heterocycles. The van der Waals surface area contributed by atoms with E-state index in [0.717, 1.165) is 11.1 Å². The molecule has 0 aliphatic rings. The maximum atomic E-state index is 5.86. The van der Waals surface area contributed by atoms with Crippen LogP contribution in [0.15, 0.2) is 23.2 Å². The van der Waals surface area contributed by atoms with Gasteiger partial charge in [-0.05, 0) is 43.4 Å². The highest BCUT2D eigenvalue weighted by Crippen LogP contribution is 2.34. The maximum absolute atomic E-state index is 5.86. The number of nitrogens with zero attached hydrogens (tertiary/aromatic N) is 1. The average Bonchev–Trinajstić information content (AvgIpc) is 2.68. The zero-order chi connectivity index (χ0) is 11.7. The highest BCUT2D eigenvalue weighted by molar-refractivity contribution is 7.98. The van der Waals surface area contributed by atoms with E-state index in [9.17, 15) is 0 Å². The van der Waals surface area contributed by atoms with Crippen LogP contribution >= 0.6 is 11.8 Å². The SMILES string of the molecule is CSc1cc(C)c(C)cc1-c1cn[nH]c1N. The number of rotatable bonds is 2. The van der Waals surface area contributed by atoms with Gasteiger partial charge in [-0.1, -0.05) is 0 Å². The number of benzene rings is 1. The van der Waals surface area contributed by atoms with Crippen LogP contribution in [0, 0.1) is 13.8 Å². The zero-order valence-corrected chi connectivity index (χ0v) is 10.5. The number of hydrogen-bond donors (Lipinski definition) is 2. The molecule has 4 heteroatoms. The molecule has 84 valence electrons. The Morgan fingerprint density at radius 3 is 2.44 bits per heavy atom. The first-order chi connectivity index (χ1) is 7.63. The minimum Gasteiger partial charge on any atom is -0.384 e. The van der Waals surface area contributed by atoms with Crippen molar-refractivity contribution >= 4 is 17.6 Å². The van der Waals surface area contributed by atoms with Gasteiger partial charge in [-0.15, -0.1) is 11.8 Å². The number of hydrogen-bond acceptors (Lipinski definition) is 3. The summed E-state index contributed by atoms with van der Waals surface area (Å²) in [6.07, 6.45) is 3.85. The van der Waals surface area contributed by atoms with Crippen molar-refractivity contribution in [1.29, 1.82) is 0 Å². The summed E-state index contributed by atoms with van der Waals surface area (Å²) in [5.41, 5.74) is 10.6. The van der Waals surface area contributed by atoms with Crippen LogP contribution in [0.1, 0.15) is 11.1 Å². The van der Waals surface area contributed by atoms with Crippen LogP contribution in [-0.2, 0) is 0 Å². The molecule has 0 saturated carbocycles. The average molecular weight is 233 g/mol. The minimum absolute atomic E-state index is 0.624. The Hall–Kier alpha value is -1.42. The van der Waals surface area contributed by atoms with Crippen LogP contribution in [-0.4, -0.2) is 16.5 Å². The fourth-order valence-corrected chi connectivity index (χ4v) is 2.36. The highest BCUT2D eigenvalue weighted by atomic mass is 32.2. The lowest BCUT2D eigenvalue weighted by atomic mass is 10.0. The van der Waals surface area contributed by atoms with Crippen LogP contribution in [0.2, 0.25) is 0 Å². The van der Waals surface area contributed by atoms with E-state index in [-0.39, 0.29) is 0 Å². The predicted octanol–water partition coefficient (Wildman–Crippen LogP) is 3.00. The number of nitrogens with two attached hydrogens (primary N) is 1. The van der Waals surface area contributed by atoms with Crippen molar-refractivity contribution in [3.05, 3.63) is 29.5 Å². The smallest absolute Gasteiger partial charge is 0.126 e. The van der Waals surface area contributed by atoms with Crippen LogP contribution < -0.4 is 5.73 Å². The Labute approximate surface area is 99.4 Å². The van der Waals surface area contributed by atoms with Crippen molar-refractivity contribution in [1.82, 2.24) is 10.2 Å². The number of thioether (sulfide) groups is 1. The molecule has 0 radical (unpaired) electrons. The van der Waals surface area contributed by atoms with E-state index in [4.69, 9.17) is 5.73 Å². The summed E-state index contributed by atoms with van der Waals surface area (Å²) in [7, 11) is 0. The Balaban J connectivity index is 2.64. The molecule has 1 aromatic carbocycles. The largest absolute Gasteiger partial charge is 0.384 e. The molecule has 3 N–H and O–H groups in total. The summed E-state index contributed by atoms with van der Waals surface area (Å²) in [5.74, 6) is 0.624. The summed E-state index contributed by atoms with van der Waals surface area (Å²) < 4.78 is 0. The van der Waals surface area contributed by atoms with Crippen LogP contribution in [0.3, 0.4) is 0 Å². The molecule has 0 fully saturated rings. The van der Waals surface area contributed by atoms with E-state index in [2.05, 4.69) is 42.4 Å². The molecular formula is C12H15N3S. The van der Waals surface area contributed by atoms with Gasteiger partial charge in [0.05, 0.1) is 6.20 Å². The summed E-state index contributed by atoms with van der Waals surface area (Å²) >= 11 is 1.73. The van der Waals surface area contributed by atoms with Crippen LogP contribution in [0.25, 0.3) is 11.1 Å². The van der Waals surface area contributed by atoms with Crippen molar-refractivity contribution in [3.63, 3.8) is 0 Å². The molecule has 0 atom stereocenters. The molecule has 0 bridgehead atoms. The molecule has 16 heavy (non-hydrogen) atoms. The molecule has 3 nitrogen and oxygen atoms in total. The van der Waals surface area contributed by atoms with Gasteiger partial charge in [-0.25, -0.2) is 0 Å². The third-order valence-electron chi connectivity index (χ3n) is 2.77. The molecule has 2 aromatic rings. The second kappa shape index (κ2) is 4.22. The molecule has 0 aliphatic carbocycles.